The molecule has 28 heavy (non-hydrogen) atoms. The molecule has 0 heterocycles. The first-order chi connectivity index (χ1) is 13.4. The second-order valence-electron chi connectivity index (χ2n) is 8.15. The molecule has 0 aromatic heterocycles. The van der Waals surface area contributed by atoms with Crippen LogP contribution < -0.4 is 0 Å². The van der Waals surface area contributed by atoms with Gasteiger partial charge in [0.1, 0.15) is 0 Å². The van der Waals surface area contributed by atoms with Crippen LogP contribution in [0.1, 0.15) is 54.5 Å². The van der Waals surface area contributed by atoms with Crippen LogP contribution in [0.15, 0.2) is 77.8 Å². The standard InChI is InChI=1S/C27H31N/c1-19(2)26(25-14-10-20(3)11-15-25)18-23-12-16-24(17-13-23)22(5)28-27-9-7-6-8-21(27)4/h6-17,19,26H,18H2,1-5H3. The zero-order chi connectivity index (χ0) is 20.1. The molecule has 0 radical (unpaired) electrons. The van der Waals surface area contributed by atoms with Crippen LogP contribution in [0.5, 0.6) is 0 Å². The maximum atomic E-state index is 4.82. The first-order valence-electron chi connectivity index (χ1n) is 10.2. The molecule has 1 unspecified atom stereocenters. The van der Waals surface area contributed by atoms with Crippen LogP contribution in [-0.2, 0) is 6.42 Å². The van der Waals surface area contributed by atoms with Crippen LogP contribution >= 0.6 is 0 Å². The number of nitrogens with zero attached hydrogens (tertiary/aromatic N) is 1. The number of aryl methyl sites for hydroxylation is 2. The Bertz CT molecular complexity index is 931. The molecule has 0 saturated heterocycles. The fourth-order valence-corrected chi connectivity index (χ4v) is 3.62. The van der Waals surface area contributed by atoms with E-state index in [2.05, 4.69) is 101 Å². The molecule has 0 amide bonds. The van der Waals surface area contributed by atoms with E-state index in [1.54, 1.807) is 0 Å². The van der Waals surface area contributed by atoms with Crippen molar-refractivity contribution in [3.8, 4) is 0 Å². The highest BCUT2D eigenvalue weighted by Crippen LogP contribution is 2.29. The summed E-state index contributed by atoms with van der Waals surface area (Å²) in [6.45, 7) is 11.0. The summed E-state index contributed by atoms with van der Waals surface area (Å²) < 4.78 is 0. The quantitative estimate of drug-likeness (QED) is 0.401. The van der Waals surface area contributed by atoms with Crippen molar-refractivity contribution < 1.29 is 0 Å². The summed E-state index contributed by atoms with van der Waals surface area (Å²) in [6, 6.07) is 26.2. The van der Waals surface area contributed by atoms with E-state index in [9.17, 15) is 0 Å². The van der Waals surface area contributed by atoms with Crippen LogP contribution in [0, 0.1) is 19.8 Å². The van der Waals surface area contributed by atoms with Gasteiger partial charge in [0.05, 0.1) is 5.69 Å². The smallest absolute Gasteiger partial charge is 0.0662 e. The molecule has 0 aliphatic rings. The minimum atomic E-state index is 0.535. The van der Waals surface area contributed by atoms with Crippen molar-refractivity contribution >= 4 is 11.4 Å². The number of hydrogen-bond acceptors (Lipinski definition) is 1. The molecule has 0 fully saturated rings. The van der Waals surface area contributed by atoms with E-state index in [4.69, 9.17) is 4.99 Å². The van der Waals surface area contributed by atoms with E-state index in [0.29, 0.717) is 11.8 Å². The van der Waals surface area contributed by atoms with Crippen molar-refractivity contribution in [1.29, 1.82) is 0 Å². The molecule has 1 nitrogen and oxygen atoms in total. The molecule has 0 aliphatic carbocycles. The third-order valence-electron chi connectivity index (χ3n) is 5.54. The highest BCUT2D eigenvalue weighted by molar-refractivity contribution is 6.00. The summed E-state index contributed by atoms with van der Waals surface area (Å²) in [4.78, 5) is 4.82. The van der Waals surface area contributed by atoms with Gasteiger partial charge in [-0.3, -0.25) is 4.99 Å². The Balaban J connectivity index is 1.78. The van der Waals surface area contributed by atoms with E-state index in [1.165, 1.54) is 27.8 Å². The Morgan fingerprint density at radius 3 is 2.07 bits per heavy atom. The van der Waals surface area contributed by atoms with Gasteiger partial charge in [0.25, 0.3) is 0 Å². The van der Waals surface area contributed by atoms with Crippen molar-refractivity contribution in [3.05, 3.63) is 101 Å². The summed E-state index contributed by atoms with van der Waals surface area (Å²) in [7, 11) is 0. The van der Waals surface area contributed by atoms with Crippen LogP contribution in [0.25, 0.3) is 0 Å². The Kier molecular flexibility index (Phi) is 6.46. The topological polar surface area (TPSA) is 12.4 Å². The van der Waals surface area contributed by atoms with Gasteiger partial charge in [0.2, 0.25) is 0 Å². The largest absolute Gasteiger partial charge is 0.253 e. The average Bonchev–Trinajstić information content (AvgIpc) is 2.69. The summed E-state index contributed by atoms with van der Waals surface area (Å²) in [5.41, 5.74) is 8.62. The van der Waals surface area contributed by atoms with Crippen molar-refractivity contribution in [2.24, 2.45) is 10.9 Å². The summed E-state index contributed by atoms with van der Waals surface area (Å²) in [5, 5.41) is 0. The zero-order valence-electron chi connectivity index (χ0n) is 17.7. The summed E-state index contributed by atoms with van der Waals surface area (Å²) >= 11 is 0. The first-order valence-corrected chi connectivity index (χ1v) is 10.2. The van der Waals surface area contributed by atoms with Crippen LogP contribution in [0.4, 0.5) is 5.69 Å². The second kappa shape index (κ2) is 9.01. The van der Waals surface area contributed by atoms with Gasteiger partial charge < -0.3 is 0 Å². The number of aliphatic imine (C=N–C) groups is 1. The molecule has 144 valence electrons. The molecule has 1 heteroatoms. The molecule has 0 saturated carbocycles. The lowest BCUT2D eigenvalue weighted by Crippen LogP contribution is -2.10. The third-order valence-corrected chi connectivity index (χ3v) is 5.54. The van der Waals surface area contributed by atoms with E-state index >= 15 is 0 Å². The molecule has 1 atom stereocenters. The Morgan fingerprint density at radius 1 is 0.821 bits per heavy atom. The normalized spacial score (nSPS) is 13.0. The van der Waals surface area contributed by atoms with Crippen molar-refractivity contribution in [2.75, 3.05) is 0 Å². The van der Waals surface area contributed by atoms with Crippen LogP contribution in [0.2, 0.25) is 0 Å². The van der Waals surface area contributed by atoms with E-state index in [-0.39, 0.29) is 0 Å². The molecular formula is C27H31N. The Labute approximate surface area is 170 Å². The molecular weight excluding hydrogens is 338 g/mol. The lowest BCUT2D eigenvalue weighted by atomic mass is 9.83. The predicted octanol–water partition coefficient (Wildman–Crippen LogP) is 7.43. The van der Waals surface area contributed by atoms with Gasteiger partial charge in [-0.05, 0) is 67.3 Å². The summed E-state index contributed by atoms with van der Waals surface area (Å²) in [6.07, 6.45) is 1.06. The molecule has 3 aromatic rings. The van der Waals surface area contributed by atoms with Crippen LogP contribution in [-0.4, -0.2) is 5.71 Å². The van der Waals surface area contributed by atoms with Crippen molar-refractivity contribution in [2.45, 2.75) is 47.0 Å². The Morgan fingerprint density at radius 2 is 1.46 bits per heavy atom. The van der Waals surface area contributed by atoms with E-state index in [1.807, 2.05) is 6.07 Å². The minimum absolute atomic E-state index is 0.535. The van der Waals surface area contributed by atoms with Gasteiger partial charge in [-0.25, -0.2) is 0 Å². The van der Waals surface area contributed by atoms with Crippen molar-refractivity contribution in [1.82, 2.24) is 0 Å². The zero-order valence-corrected chi connectivity index (χ0v) is 17.7. The lowest BCUT2D eigenvalue weighted by Gasteiger charge is -2.22. The Hall–Kier alpha value is -2.67. The number of rotatable bonds is 6. The van der Waals surface area contributed by atoms with Gasteiger partial charge in [0.15, 0.2) is 0 Å². The van der Waals surface area contributed by atoms with Gasteiger partial charge in [-0.15, -0.1) is 0 Å². The fourth-order valence-electron chi connectivity index (χ4n) is 3.62. The van der Waals surface area contributed by atoms with Gasteiger partial charge in [-0.1, -0.05) is 86.1 Å². The molecule has 0 aliphatic heterocycles. The highest BCUT2D eigenvalue weighted by atomic mass is 14.7. The SMILES string of the molecule is CC(=Nc1ccccc1C)c1ccc(CC(c2ccc(C)cc2)C(C)C)cc1. The third kappa shape index (κ3) is 4.98. The predicted molar refractivity (Wildman–Crippen MR) is 122 cm³/mol. The average molecular weight is 370 g/mol. The maximum absolute atomic E-state index is 4.82. The van der Waals surface area contributed by atoms with E-state index < -0.39 is 0 Å². The molecule has 3 aromatic carbocycles. The number of hydrogen-bond donors (Lipinski definition) is 0. The van der Waals surface area contributed by atoms with Gasteiger partial charge >= 0.3 is 0 Å². The van der Waals surface area contributed by atoms with Gasteiger partial charge in [0, 0.05) is 5.71 Å². The second-order valence-corrected chi connectivity index (χ2v) is 8.15. The molecule has 0 spiro atoms. The fraction of sp³-hybridized carbons (Fsp3) is 0.296. The first kappa shape index (κ1) is 20.1. The molecule has 3 rings (SSSR count). The molecule has 0 N–H and O–H groups in total. The van der Waals surface area contributed by atoms with E-state index in [0.717, 1.165) is 17.8 Å². The number of para-hydroxylation sites is 1. The molecule has 0 bridgehead atoms. The van der Waals surface area contributed by atoms with Crippen molar-refractivity contribution in [3.63, 3.8) is 0 Å². The minimum Gasteiger partial charge on any atom is -0.253 e. The van der Waals surface area contributed by atoms with Crippen LogP contribution in [0.3, 0.4) is 0 Å². The monoisotopic (exact) mass is 369 g/mol. The highest BCUT2D eigenvalue weighted by Gasteiger charge is 2.16. The number of benzene rings is 3. The summed E-state index contributed by atoms with van der Waals surface area (Å²) in [5.74, 6) is 1.14. The maximum Gasteiger partial charge on any atom is 0.0662 e. The lowest BCUT2D eigenvalue weighted by molar-refractivity contribution is 0.495. The van der Waals surface area contributed by atoms with Gasteiger partial charge in [-0.2, -0.15) is 0 Å².